The summed E-state index contributed by atoms with van der Waals surface area (Å²) >= 11 is 0.714. The number of aromatic nitrogens is 2. The molecule has 3 rings (SSSR count). The third-order valence-corrected chi connectivity index (χ3v) is 5.75. The van der Waals surface area contributed by atoms with Crippen molar-refractivity contribution in [2.24, 2.45) is 0 Å². The summed E-state index contributed by atoms with van der Waals surface area (Å²) in [6.45, 7) is 2.75. The third kappa shape index (κ3) is 7.13. The lowest BCUT2D eigenvalue weighted by Gasteiger charge is -2.09. The van der Waals surface area contributed by atoms with Gasteiger partial charge in [0.05, 0.1) is 0 Å². The Balaban J connectivity index is 1.54. The van der Waals surface area contributed by atoms with Crippen molar-refractivity contribution >= 4 is 38.5 Å². The number of sulfone groups is 1. The summed E-state index contributed by atoms with van der Waals surface area (Å²) in [5.41, 5.74) is 1.59. The van der Waals surface area contributed by atoms with Gasteiger partial charge in [0.25, 0.3) is 11.1 Å². The maximum atomic E-state index is 12.3. The monoisotopic (exact) mass is 484 g/mol. The normalized spacial score (nSPS) is 11.5. The van der Waals surface area contributed by atoms with Crippen LogP contribution in [0.25, 0.3) is 6.08 Å². The fourth-order valence-corrected chi connectivity index (χ4v) is 3.94. The van der Waals surface area contributed by atoms with E-state index >= 15 is 0 Å². The van der Waals surface area contributed by atoms with Gasteiger partial charge in [0, 0.05) is 17.8 Å². The van der Waals surface area contributed by atoms with Crippen LogP contribution < -0.4 is 14.8 Å². The number of aryl methyl sites for hydroxylation is 1. The molecule has 0 saturated carbocycles. The van der Waals surface area contributed by atoms with E-state index in [1.165, 1.54) is 6.08 Å². The van der Waals surface area contributed by atoms with Crippen LogP contribution in [-0.2, 0) is 14.6 Å². The minimum absolute atomic E-state index is 0.0156. The molecule has 0 unspecified atom stereocenters. The molecule has 0 bridgehead atoms. The first-order valence-electron chi connectivity index (χ1n) is 9.64. The van der Waals surface area contributed by atoms with E-state index < -0.39 is 15.7 Å². The molecule has 3 aromatic rings. The highest BCUT2D eigenvalue weighted by Crippen LogP contribution is 2.18. The summed E-state index contributed by atoms with van der Waals surface area (Å²) in [5.74, 6) is 0.667. The topological polar surface area (TPSA) is 131 Å². The van der Waals surface area contributed by atoms with Gasteiger partial charge in [-0.1, -0.05) is 29.8 Å². The molecule has 0 radical (unpaired) electrons. The van der Waals surface area contributed by atoms with E-state index in [-0.39, 0.29) is 15.9 Å². The smallest absolute Gasteiger partial charge is 0.268 e. The number of amides is 1. The number of benzene rings is 2. The van der Waals surface area contributed by atoms with Crippen LogP contribution >= 0.6 is 11.5 Å². The first-order chi connectivity index (χ1) is 15.7. The van der Waals surface area contributed by atoms with Gasteiger partial charge in [-0.25, -0.2) is 8.42 Å². The molecule has 170 valence electrons. The minimum Gasteiger partial charge on any atom is -0.490 e. The summed E-state index contributed by atoms with van der Waals surface area (Å²) in [4.78, 5) is 16.1. The van der Waals surface area contributed by atoms with Crippen LogP contribution in [0.4, 0.5) is 5.13 Å². The average molecular weight is 485 g/mol. The number of carbonyl (C=O) groups excluding carboxylic acids is 1. The molecule has 0 aliphatic carbocycles. The van der Waals surface area contributed by atoms with Crippen LogP contribution in [0.3, 0.4) is 0 Å². The Kier molecular flexibility index (Phi) is 7.76. The number of ether oxygens (including phenoxy) is 2. The van der Waals surface area contributed by atoms with Crippen molar-refractivity contribution in [1.29, 1.82) is 5.26 Å². The Morgan fingerprint density at radius 1 is 1.09 bits per heavy atom. The van der Waals surface area contributed by atoms with Gasteiger partial charge in [0.2, 0.25) is 15.0 Å². The molecule has 2 aromatic carbocycles. The molecule has 0 atom stereocenters. The molecule has 1 amide bonds. The van der Waals surface area contributed by atoms with Gasteiger partial charge in [-0.15, -0.1) is 0 Å². The zero-order valence-corrected chi connectivity index (χ0v) is 19.4. The second-order valence-corrected chi connectivity index (χ2v) is 9.52. The van der Waals surface area contributed by atoms with Crippen molar-refractivity contribution < 1.29 is 22.7 Å². The van der Waals surface area contributed by atoms with Gasteiger partial charge < -0.3 is 9.47 Å². The molecule has 0 fully saturated rings. The number of anilines is 1. The fourth-order valence-electron chi connectivity index (χ4n) is 2.50. The third-order valence-electron chi connectivity index (χ3n) is 4.16. The quantitative estimate of drug-likeness (QED) is 0.278. The average Bonchev–Trinajstić information content (AvgIpc) is 3.26. The Bertz CT molecular complexity index is 1290. The SMILES string of the molecule is Cc1ccc(OCCOc2ccc(C=C(C#N)C(=O)Nc3nc(S(C)(=O)=O)ns3)cc2)cc1. The zero-order valence-electron chi connectivity index (χ0n) is 17.8. The lowest BCUT2D eigenvalue weighted by atomic mass is 10.1. The van der Waals surface area contributed by atoms with Crippen LogP contribution in [0.5, 0.6) is 11.5 Å². The number of carbonyl (C=O) groups is 1. The number of nitrogens with zero attached hydrogens (tertiary/aromatic N) is 3. The summed E-state index contributed by atoms with van der Waals surface area (Å²) in [6, 6.07) is 16.4. The molecular formula is C22H20N4O5S2. The number of rotatable bonds is 9. The van der Waals surface area contributed by atoms with Gasteiger partial charge in [0.1, 0.15) is 36.4 Å². The summed E-state index contributed by atoms with van der Waals surface area (Å²) in [6.07, 6.45) is 2.36. The minimum atomic E-state index is -3.58. The largest absolute Gasteiger partial charge is 0.490 e. The molecule has 9 nitrogen and oxygen atoms in total. The standard InChI is InChI=1S/C22H20N4O5S2/c1-15-3-7-18(8-4-15)30-11-12-31-19-9-5-16(6-10-19)13-17(14-23)20(27)24-21-25-22(26-32-21)33(2,28)29/h3-10,13H,11-12H2,1-2H3,(H,24,25,26,27). The second-order valence-electron chi connectivity index (χ2n) is 6.86. The van der Waals surface area contributed by atoms with Gasteiger partial charge in [-0.2, -0.15) is 14.6 Å². The number of hydrogen-bond donors (Lipinski definition) is 1. The Morgan fingerprint density at radius 3 is 2.18 bits per heavy atom. The molecular weight excluding hydrogens is 464 g/mol. The van der Waals surface area contributed by atoms with E-state index in [1.807, 2.05) is 37.3 Å². The van der Waals surface area contributed by atoms with Crippen LogP contribution in [-0.4, -0.2) is 43.2 Å². The van der Waals surface area contributed by atoms with Gasteiger partial charge in [0.15, 0.2) is 0 Å². The van der Waals surface area contributed by atoms with Crippen molar-refractivity contribution in [3.63, 3.8) is 0 Å². The number of hydrogen-bond acceptors (Lipinski definition) is 9. The highest BCUT2D eigenvalue weighted by atomic mass is 32.2. The molecule has 1 heterocycles. The Hall–Kier alpha value is -3.75. The molecule has 0 aliphatic rings. The van der Waals surface area contributed by atoms with E-state index in [0.717, 1.165) is 17.6 Å². The lowest BCUT2D eigenvalue weighted by Crippen LogP contribution is -2.13. The molecule has 1 aromatic heterocycles. The van der Waals surface area contributed by atoms with E-state index in [4.69, 9.17) is 9.47 Å². The molecule has 33 heavy (non-hydrogen) atoms. The maximum absolute atomic E-state index is 12.3. The molecule has 0 aliphatic heterocycles. The molecule has 0 spiro atoms. The van der Waals surface area contributed by atoms with Gasteiger partial charge in [-0.3, -0.25) is 10.1 Å². The maximum Gasteiger partial charge on any atom is 0.268 e. The van der Waals surface area contributed by atoms with E-state index in [2.05, 4.69) is 14.7 Å². The molecule has 11 heteroatoms. The Labute approximate surface area is 195 Å². The van der Waals surface area contributed by atoms with Crippen molar-refractivity contribution in [2.75, 3.05) is 24.8 Å². The molecule has 0 saturated heterocycles. The van der Waals surface area contributed by atoms with Crippen LogP contribution in [0.15, 0.2) is 59.3 Å². The fraction of sp³-hybridized carbons (Fsp3) is 0.182. The van der Waals surface area contributed by atoms with Gasteiger partial charge >= 0.3 is 0 Å². The first-order valence-corrected chi connectivity index (χ1v) is 12.3. The summed E-state index contributed by atoms with van der Waals surface area (Å²) in [7, 11) is -3.58. The van der Waals surface area contributed by atoms with Crippen LogP contribution in [0, 0.1) is 18.3 Å². The van der Waals surface area contributed by atoms with Crippen LogP contribution in [0.2, 0.25) is 0 Å². The number of nitriles is 1. The number of nitrogens with one attached hydrogen (secondary N) is 1. The summed E-state index contributed by atoms with van der Waals surface area (Å²) < 4.78 is 37.8. The molecule has 1 N–H and O–H groups in total. The second kappa shape index (κ2) is 10.7. The van der Waals surface area contributed by atoms with E-state index in [0.29, 0.717) is 36.1 Å². The Morgan fingerprint density at radius 2 is 1.67 bits per heavy atom. The first kappa shape index (κ1) is 23.9. The van der Waals surface area contributed by atoms with Crippen molar-refractivity contribution in [3.8, 4) is 17.6 Å². The van der Waals surface area contributed by atoms with E-state index in [1.54, 1.807) is 24.3 Å². The van der Waals surface area contributed by atoms with Crippen LogP contribution in [0.1, 0.15) is 11.1 Å². The predicted octanol–water partition coefficient (Wildman–Crippen LogP) is 3.25. The lowest BCUT2D eigenvalue weighted by molar-refractivity contribution is -0.112. The predicted molar refractivity (Wildman–Crippen MR) is 124 cm³/mol. The summed E-state index contributed by atoms with van der Waals surface area (Å²) in [5, 5.41) is 11.3. The van der Waals surface area contributed by atoms with Gasteiger partial charge in [-0.05, 0) is 42.8 Å². The highest BCUT2D eigenvalue weighted by molar-refractivity contribution is 7.90. The van der Waals surface area contributed by atoms with E-state index in [9.17, 15) is 18.5 Å². The highest BCUT2D eigenvalue weighted by Gasteiger charge is 2.17. The van der Waals surface area contributed by atoms with Crippen molar-refractivity contribution in [2.45, 2.75) is 12.1 Å². The van der Waals surface area contributed by atoms with Crippen molar-refractivity contribution in [3.05, 3.63) is 65.2 Å². The zero-order chi connectivity index (χ0) is 23.8. The van der Waals surface area contributed by atoms with Crippen molar-refractivity contribution in [1.82, 2.24) is 9.36 Å².